The van der Waals surface area contributed by atoms with Crippen LogP contribution >= 0.6 is 0 Å². The molecule has 33 heavy (non-hydrogen) atoms. The second kappa shape index (κ2) is 10.7. The lowest BCUT2D eigenvalue weighted by Gasteiger charge is -2.26. The van der Waals surface area contributed by atoms with Gasteiger partial charge < -0.3 is 10.0 Å². The molecule has 0 bridgehead atoms. The Balaban J connectivity index is 1.65. The van der Waals surface area contributed by atoms with E-state index in [2.05, 4.69) is 0 Å². The molecule has 176 valence electrons. The zero-order chi connectivity index (χ0) is 24.1. The molecule has 1 unspecified atom stereocenters. The minimum atomic E-state index is -0.929. The lowest BCUT2D eigenvalue weighted by molar-refractivity contribution is -0.148. The number of Topliss-reactive ketones (excluding diaryl/α,β-unsaturated/α-hetero) is 2. The van der Waals surface area contributed by atoms with E-state index >= 15 is 0 Å². The van der Waals surface area contributed by atoms with Crippen LogP contribution in [0.1, 0.15) is 77.2 Å². The number of carbonyl (C=O) groups is 4. The van der Waals surface area contributed by atoms with Gasteiger partial charge in [0.05, 0.1) is 0 Å². The van der Waals surface area contributed by atoms with E-state index in [-0.39, 0.29) is 23.4 Å². The van der Waals surface area contributed by atoms with Gasteiger partial charge >= 0.3 is 5.97 Å². The Labute approximate surface area is 195 Å². The van der Waals surface area contributed by atoms with E-state index in [0.29, 0.717) is 54.5 Å². The fourth-order valence-electron chi connectivity index (χ4n) is 4.97. The number of nitrogens with zero attached hydrogens (tertiary/aromatic N) is 1. The average Bonchev–Trinajstić information content (AvgIpc) is 3.31. The molecule has 1 heterocycles. The Kier molecular flexibility index (Phi) is 8.01. The van der Waals surface area contributed by atoms with Gasteiger partial charge in [-0.2, -0.15) is 0 Å². The van der Waals surface area contributed by atoms with Crippen molar-refractivity contribution in [3.05, 3.63) is 58.2 Å². The van der Waals surface area contributed by atoms with Crippen LogP contribution in [0.25, 0.3) is 0 Å². The van der Waals surface area contributed by atoms with Gasteiger partial charge in [0, 0.05) is 41.2 Å². The molecule has 1 aliphatic carbocycles. The van der Waals surface area contributed by atoms with E-state index in [1.165, 1.54) is 4.90 Å². The molecular formula is C27H33NO5. The molecule has 1 aromatic carbocycles. The quantitative estimate of drug-likeness (QED) is 0.438. The number of allylic oxidation sites excluding steroid dienone is 4. The Morgan fingerprint density at radius 3 is 2.30 bits per heavy atom. The lowest BCUT2D eigenvalue weighted by atomic mass is 9.75. The van der Waals surface area contributed by atoms with Crippen LogP contribution in [-0.2, 0) is 19.2 Å². The van der Waals surface area contributed by atoms with E-state index in [1.54, 1.807) is 20.8 Å². The summed E-state index contributed by atoms with van der Waals surface area (Å²) in [6.45, 7) is 5.69. The van der Waals surface area contributed by atoms with E-state index in [1.807, 2.05) is 30.3 Å². The Hall–Kier alpha value is -3.02. The number of benzene rings is 1. The topological polar surface area (TPSA) is 91.8 Å². The minimum Gasteiger partial charge on any atom is -0.480 e. The van der Waals surface area contributed by atoms with Crippen molar-refractivity contribution in [2.24, 2.45) is 0 Å². The van der Waals surface area contributed by atoms with Crippen molar-refractivity contribution in [2.45, 2.75) is 77.7 Å². The zero-order valence-electron chi connectivity index (χ0n) is 19.7. The molecule has 3 rings (SSSR count). The highest BCUT2D eigenvalue weighted by Crippen LogP contribution is 2.37. The number of likely N-dealkylation sites (tertiary alicyclic amines) is 1. The maximum absolute atomic E-state index is 13.2. The number of hydrogen-bond acceptors (Lipinski definition) is 4. The Morgan fingerprint density at radius 2 is 1.64 bits per heavy atom. The van der Waals surface area contributed by atoms with Gasteiger partial charge in [0.2, 0.25) is 5.91 Å². The van der Waals surface area contributed by atoms with Crippen LogP contribution in [0.3, 0.4) is 0 Å². The van der Waals surface area contributed by atoms with Crippen molar-refractivity contribution in [3.8, 4) is 0 Å². The van der Waals surface area contributed by atoms with Crippen LogP contribution in [0.2, 0.25) is 0 Å². The SMILES string of the molecule is CC1=C(C)C(=O)C(C(CCCCCC(=O)N2CCC[C@H]2C(=O)O)c2ccccc2)=C(C)C1=O. The van der Waals surface area contributed by atoms with Crippen molar-refractivity contribution in [3.63, 3.8) is 0 Å². The first-order valence-electron chi connectivity index (χ1n) is 11.8. The van der Waals surface area contributed by atoms with E-state index in [0.717, 1.165) is 24.8 Å². The second-order valence-electron chi connectivity index (χ2n) is 9.09. The molecule has 0 aromatic heterocycles. The molecule has 1 aliphatic heterocycles. The van der Waals surface area contributed by atoms with Gasteiger partial charge in [-0.05, 0) is 52.0 Å². The van der Waals surface area contributed by atoms with Crippen LogP contribution in [0.15, 0.2) is 52.6 Å². The van der Waals surface area contributed by atoms with Crippen LogP contribution in [0.5, 0.6) is 0 Å². The molecule has 1 aromatic rings. The van der Waals surface area contributed by atoms with E-state index in [9.17, 15) is 24.3 Å². The maximum Gasteiger partial charge on any atom is 0.326 e. The van der Waals surface area contributed by atoms with Crippen molar-refractivity contribution in [1.29, 1.82) is 0 Å². The molecule has 6 nitrogen and oxygen atoms in total. The number of hydrogen-bond donors (Lipinski definition) is 1. The fraction of sp³-hybridized carbons (Fsp3) is 0.481. The predicted octanol–water partition coefficient (Wildman–Crippen LogP) is 4.60. The summed E-state index contributed by atoms with van der Waals surface area (Å²) in [5, 5.41) is 9.28. The number of unbranched alkanes of at least 4 members (excludes halogenated alkanes) is 2. The molecule has 2 aliphatic rings. The maximum atomic E-state index is 13.2. The molecule has 1 saturated heterocycles. The summed E-state index contributed by atoms with van der Waals surface area (Å²) >= 11 is 0. The number of aliphatic carboxylic acids is 1. The van der Waals surface area contributed by atoms with Gasteiger partial charge in [-0.1, -0.05) is 43.2 Å². The number of rotatable bonds is 9. The largest absolute Gasteiger partial charge is 0.480 e. The smallest absolute Gasteiger partial charge is 0.326 e. The predicted molar refractivity (Wildman–Crippen MR) is 126 cm³/mol. The molecule has 0 radical (unpaired) electrons. The van der Waals surface area contributed by atoms with Crippen LogP contribution < -0.4 is 0 Å². The summed E-state index contributed by atoms with van der Waals surface area (Å²) in [5.41, 5.74) is 3.17. The summed E-state index contributed by atoms with van der Waals surface area (Å²) in [6, 6.07) is 9.10. The highest BCUT2D eigenvalue weighted by Gasteiger charge is 2.34. The summed E-state index contributed by atoms with van der Waals surface area (Å²) in [6.07, 6.45) is 4.56. The van der Waals surface area contributed by atoms with Crippen molar-refractivity contribution < 1.29 is 24.3 Å². The number of carbonyl (C=O) groups excluding carboxylic acids is 3. The summed E-state index contributed by atoms with van der Waals surface area (Å²) < 4.78 is 0. The van der Waals surface area contributed by atoms with Crippen molar-refractivity contribution in [2.75, 3.05) is 6.54 Å². The van der Waals surface area contributed by atoms with Crippen LogP contribution in [-0.4, -0.2) is 46.0 Å². The normalized spacial score (nSPS) is 20.0. The van der Waals surface area contributed by atoms with Gasteiger partial charge in [-0.15, -0.1) is 0 Å². The van der Waals surface area contributed by atoms with E-state index in [4.69, 9.17) is 0 Å². The molecule has 6 heteroatoms. The third-order valence-corrected chi connectivity index (χ3v) is 7.02. The highest BCUT2D eigenvalue weighted by molar-refractivity contribution is 6.25. The summed E-state index contributed by atoms with van der Waals surface area (Å²) in [5.74, 6) is -1.31. The molecule has 0 saturated carbocycles. The standard InChI is InChI=1S/C27H33NO5/c1-17-18(2)26(31)24(19(3)25(17)30)21(20-11-6-4-7-12-20)13-8-5-9-15-23(29)28-16-10-14-22(28)27(32)33/h4,6-7,11-12,21-22H,5,8-10,13-16H2,1-3H3,(H,32,33)/t21?,22-/m0/s1. The van der Waals surface area contributed by atoms with Crippen LogP contribution in [0.4, 0.5) is 0 Å². The van der Waals surface area contributed by atoms with Gasteiger partial charge in [-0.25, -0.2) is 4.79 Å². The van der Waals surface area contributed by atoms with Gasteiger partial charge in [-0.3, -0.25) is 14.4 Å². The molecule has 0 spiro atoms. The third kappa shape index (κ3) is 5.32. The molecular weight excluding hydrogens is 418 g/mol. The first-order chi connectivity index (χ1) is 15.7. The monoisotopic (exact) mass is 451 g/mol. The number of carboxylic acid groups (broad SMARTS) is 1. The second-order valence-corrected chi connectivity index (χ2v) is 9.09. The Bertz CT molecular complexity index is 1000. The zero-order valence-corrected chi connectivity index (χ0v) is 19.7. The van der Waals surface area contributed by atoms with Crippen molar-refractivity contribution >= 4 is 23.4 Å². The van der Waals surface area contributed by atoms with Gasteiger partial charge in [0.15, 0.2) is 11.6 Å². The molecule has 2 atom stereocenters. The minimum absolute atomic E-state index is 0.0534. The summed E-state index contributed by atoms with van der Waals surface area (Å²) in [7, 11) is 0. The molecule has 1 amide bonds. The van der Waals surface area contributed by atoms with E-state index < -0.39 is 12.0 Å². The lowest BCUT2D eigenvalue weighted by Crippen LogP contribution is -2.40. The first kappa shape index (κ1) is 24.6. The van der Waals surface area contributed by atoms with Gasteiger partial charge in [0.1, 0.15) is 6.04 Å². The first-order valence-corrected chi connectivity index (χ1v) is 11.8. The third-order valence-electron chi connectivity index (χ3n) is 7.02. The highest BCUT2D eigenvalue weighted by atomic mass is 16.4. The number of ketones is 2. The number of amides is 1. The van der Waals surface area contributed by atoms with Crippen molar-refractivity contribution in [1.82, 2.24) is 4.90 Å². The molecule has 1 fully saturated rings. The average molecular weight is 452 g/mol. The summed E-state index contributed by atoms with van der Waals surface area (Å²) in [4.78, 5) is 51.2. The van der Waals surface area contributed by atoms with Crippen LogP contribution in [0, 0.1) is 0 Å². The fourth-order valence-corrected chi connectivity index (χ4v) is 4.97. The van der Waals surface area contributed by atoms with Gasteiger partial charge in [0.25, 0.3) is 0 Å². The molecule has 1 N–H and O–H groups in total. The number of carboxylic acids is 1. The Morgan fingerprint density at radius 1 is 0.970 bits per heavy atom.